The second-order valence-corrected chi connectivity index (χ2v) is 6.86. The second-order valence-electron chi connectivity index (χ2n) is 6.86. The summed E-state index contributed by atoms with van der Waals surface area (Å²) in [5, 5.41) is 12.6. The lowest BCUT2D eigenvalue weighted by Crippen LogP contribution is -2.42. The van der Waals surface area contributed by atoms with Crippen molar-refractivity contribution < 1.29 is 0 Å². The Morgan fingerprint density at radius 1 is 1.17 bits per heavy atom. The number of nitrogens with zero attached hydrogens (tertiary/aromatic N) is 1. The average molecular weight is 250 g/mol. The van der Waals surface area contributed by atoms with E-state index in [0.29, 0.717) is 0 Å². The molecule has 1 aliphatic carbocycles. The number of hydrogen-bond acceptors (Lipinski definition) is 2. The zero-order chi connectivity index (χ0) is 13.4. The Morgan fingerprint density at radius 2 is 1.78 bits per heavy atom. The first-order chi connectivity index (χ1) is 8.51. The van der Waals surface area contributed by atoms with E-state index in [4.69, 9.17) is 5.26 Å². The van der Waals surface area contributed by atoms with Gasteiger partial charge in [0.2, 0.25) is 0 Å². The summed E-state index contributed by atoms with van der Waals surface area (Å²) >= 11 is 0. The molecule has 0 bridgehead atoms. The Balaban J connectivity index is 2.20. The van der Waals surface area contributed by atoms with Gasteiger partial charge in [-0.25, -0.2) is 0 Å². The molecule has 0 heterocycles. The van der Waals surface area contributed by atoms with Gasteiger partial charge < -0.3 is 0 Å². The van der Waals surface area contributed by atoms with Crippen molar-refractivity contribution in [2.75, 3.05) is 0 Å². The Kier molecular flexibility index (Phi) is 6.71. The van der Waals surface area contributed by atoms with Crippen molar-refractivity contribution in [2.24, 2.45) is 5.92 Å². The molecule has 1 saturated carbocycles. The van der Waals surface area contributed by atoms with Crippen molar-refractivity contribution in [3.8, 4) is 6.07 Å². The molecule has 1 aliphatic rings. The highest BCUT2D eigenvalue weighted by Gasteiger charge is 2.17. The Labute approximate surface area is 113 Å². The standard InChI is InChI=1S/C16H30N2/c1-16(2,3)18-15(13-17)12-8-11-14-9-6-4-5-7-10-14/h14-15,18H,4-12H2,1-3H3. The molecule has 2 heteroatoms. The molecule has 2 nitrogen and oxygen atoms in total. The van der Waals surface area contributed by atoms with E-state index in [2.05, 4.69) is 32.2 Å². The fourth-order valence-electron chi connectivity index (χ4n) is 2.95. The first kappa shape index (κ1) is 15.5. The van der Waals surface area contributed by atoms with E-state index < -0.39 is 0 Å². The molecule has 18 heavy (non-hydrogen) atoms. The van der Waals surface area contributed by atoms with Crippen LogP contribution >= 0.6 is 0 Å². The molecule has 0 spiro atoms. The van der Waals surface area contributed by atoms with Gasteiger partial charge in [0.15, 0.2) is 0 Å². The third-order valence-electron chi connectivity index (χ3n) is 3.84. The van der Waals surface area contributed by atoms with Crippen LogP contribution in [0.25, 0.3) is 0 Å². The minimum Gasteiger partial charge on any atom is -0.297 e. The fourth-order valence-corrected chi connectivity index (χ4v) is 2.95. The lowest BCUT2D eigenvalue weighted by molar-refractivity contribution is 0.357. The Hall–Kier alpha value is -0.550. The number of rotatable bonds is 5. The first-order valence-corrected chi connectivity index (χ1v) is 7.68. The van der Waals surface area contributed by atoms with Crippen LogP contribution in [0.4, 0.5) is 0 Å². The second kappa shape index (κ2) is 7.79. The Bertz CT molecular complexity index is 251. The topological polar surface area (TPSA) is 35.8 Å². The monoisotopic (exact) mass is 250 g/mol. The van der Waals surface area contributed by atoms with Gasteiger partial charge in [0.05, 0.1) is 12.1 Å². The maximum atomic E-state index is 9.16. The molecule has 0 aromatic rings. The minimum atomic E-state index is 0.0239. The van der Waals surface area contributed by atoms with Gasteiger partial charge in [-0.3, -0.25) is 5.32 Å². The van der Waals surface area contributed by atoms with Crippen LogP contribution in [-0.4, -0.2) is 11.6 Å². The van der Waals surface area contributed by atoms with Crippen molar-refractivity contribution >= 4 is 0 Å². The first-order valence-electron chi connectivity index (χ1n) is 7.68. The van der Waals surface area contributed by atoms with Gasteiger partial charge in [0, 0.05) is 5.54 Å². The van der Waals surface area contributed by atoms with Crippen LogP contribution in [0.2, 0.25) is 0 Å². The van der Waals surface area contributed by atoms with Gasteiger partial charge in [-0.2, -0.15) is 5.26 Å². The van der Waals surface area contributed by atoms with Crippen molar-refractivity contribution in [1.82, 2.24) is 5.32 Å². The van der Waals surface area contributed by atoms with Gasteiger partial charge in [-0.05, 0) is 33.1 Å². The van der Waals surface area contributed by atoms with Gasteiger partial charge in [0.1, 0.15) is 0 Å². The molecular formula is C16H30N2. The molecule has 104 valence electrons. The van der Waals surface area contributed by atoms with Crippen molar-refractivity contribution in [2.45, 2.75) is 90.1 Å². The van der Waals surface area contributed by atoms with Gasteiger partial charge >= 0.3 is 0 Å². The highest BCUT2D eigenvalue weighted by molar-refractivity contribution is 4.93. The summed E-state index contributed by atoms with van der Waals surface area (Å²) in [6.45, 7) is 6.38. The van der Waals surface area contributed by atoms with Crippen LogP contribution in [0.15, 0.2) is 0 Å². The van der Waals surface area contributed by atoms with E-state index in [0.717, 1.165) is 12.3 Å². The molecule has 1 unspecified atom stereocenters. The van der Waals surface area contributed by atoms with Crippen molar-refractivity contribution in [3.63, 3.8) is 0 Å². The third kappa shape index (κ3) is 7.01. The lowest BCUT2D eigenvalue weighted by atomic mass is 9.93. The normalized spacial score (nSPS) is 20.1. The van der Waals surface area contributed by atoms with E-state index >= 15 is 0 Å². The highest BCUT2D eigenvalue weighted by atomic mass is 15.0. The van der Waals surface area contributed by atoms with Crippen molar-refractivity contribution in [1.29, 1.82) is 5.26 Å². The maximum absolute atomic E-state index is 9.16. The number of hydrogen-bond donors (Lipinski definition) is 1. The van der Waals surface area contributed by atoms with Crippen LogP contribution in [0.3, 0.4) is 0 Å². The lowest BCUT2D eigenvalue weighted by Gasteiger charge is -2.24. The van der Waals surface area contributed by atoms with E-state index in [1.807, 2.05) is 0 Å². The SMILES string of the molecule is CC(C)(C)NC(C#N)CCCC1CCCCCC1. The highest BCUT2D eigenvalue weighted by Crippen LogP contribution is 2.27. The smallest absolute Gasteiger partial charge is 0.0956 e. The predicted octanol–water partition coefficient (Wildman–Crippen LogP) is 4.41. The molecule has 0 aromatic carbocycles. The van der Waals surface area contributed by atoms with Crippen LogP contribution < -0.4 is 5.32 Å². The third-order valence-corrected chi connectivity index (χ3v) is 3.84. The molecule has 1 rings (SSSR count). The minimum absolute atomic E-state index is 0.0239. The van der Waals surface area contributed by atoms with Crippen LogP contribution in [-0.2, 0) is 0 Å². The van der Waals surface area contributed by atoms with Crippen molar-refractivity contribution in [3.05, 3.63) is 0 Å². The zero-order valence-corrected chi connectivity index (χ0v) is 12.5. The summed E-state index contributed by atoms with van der Waals surface area (Å²) < 4.78 is 0. The largest absolute Gasteiger partial charge is 0.297 e. The van der Waals surface area contributed by atoms with Gasteiger partial charge in [0.25, 0.3) is 0 Å². The summed E-state index contributed by atoms with van der Waals surface area (Å²) in [5.74, 6) is 0.932. The molecule has 1 atom stereocenters. The molecule has 0 aromatic heterocycles. The molecule has 0 amide bonds. The molecule has 1 fully saturated rings. The fraction of sp³-hybridized carbons (Fsp3) is 0.938. The molecule has 0 aliphatic heterocycles. The van der Waals surface area contributed by atoms with Gasteiger partial charge in [-0.15, -0.1) is 0 Å². The van der Waals surface area contributed by atoms with E-state index in [-0.39, 0.29) is 11.6 Å². The summed E-state index contributed by atoms with van der Waals surface area (Å²) in [5.41, 5.74) is 0.0444. The average Bonchev–Trinajstić information content (AvgIpc) is 2.54. The molecule has 1 N–H and O–H groups in total. The predicted molar refractivity (Wildman–Crippen MR) is 77.3 cm³/mol. The molecule has 0 saturated heterocycles. The summed E-state index contributed by atoms with van der Waals surface area (Å²) in [4.78, 5) is 0. The summed E-state index contributed by atoms with van der Waals surface area (Å²) in [6.07, 6.45) is 12.1. The zero-order valence-electron chi connectivity index (χ0n) is 12.5. The summed E-state index contributed by atoms with van der Waals surface area (Å²) in [7, 11) is 0. The van der Waals surface area contributed by atoms with E-state index in [9.17, 15) is 0 Å². The van der Waals surface area contributed by atoms with Crippen LogP contribution in [0.1, 0.15) is 78.6 Å². The number of nitriles is 1. The van der Waals surface area contributed by atoms with E-state index in [1.165, 1.54) is 51.4 Å². The van der Waals surface area contributed by atoms with Crippen LogP contribution in [0, 0.1) is 17.2 Å². The number of nitrogens with one attached hydrogen (secondary N) is 1. The van der Waals surface area contributed by atoms with Gasteiger partial charge in [-0.1, -0.05) is 51.4 Å². The van der Waals surface area contributed by atoms with Crippen LogP contribution in [0.5, 0.6) is 0 Å². The molecule has 0 radical (unpaired) electrons. The molecular weight excluding hydrogens is 220 g/mol. The summed E-state index contributed by atoms with van der Waals surface area (Å²) in [6, 6.07) is 2.42. The maximum Gasteiger partial charge on any atom is 0.0956 e. The quantitative estimate of drug-likeness (QED) is 0.734. The van der Waals surface area contributed by atoms with E-state index in [1.54, 1.807) is 0 Å². The Morgan fingerprint density at radius 3 is 2.28 bits per heavy atom.